The summed E-state index contributed by atoms with van der Waals surface area (Å²) in [6, 6.07) is 2.73. The largest absolute Gasteiger partial charge is 0.475 e. The predicted octanol–water partition coefficient (Wildman–Crippen LogP) is 3.19. The number of hydrogen-bond acceptors (Lipinski definition) is 3. The molecule has 0 radical (unpaired) electrons. The molecule has 1 fully saturated rings. The lowest BCUT2D eigenvalue weighted by molar-refractivity contribution is 0.0645. The molecule has 0 spiro atoms. The quantitative estimate of drug-likeness (QED) is 0.817. The van der Waals surface area contributed by atoms with Gasteiger partial charge in [0.15, 0.2) is 5.76 Å². The second kappa shape index (κ2) is 7.11. The summed E-state index contributed by atoms with van der Waals surface area (Å²) in [5.41, 5.74) is 0. The highest BCUT2D eigenvalue weighted by Crippen LogP contribution is 2.25. The van der Waals surface area contributed by atoms with Gasteiger partial charge in [-0.3, -0.25) is 4.79 Å². The van der Waals surface area contributed by atoms with Gasteiger partial charge in [-0.2, -0.15) is 0 Å². The van der Waals surface area contributed by atoms with Crippen molar-refractivity contribution in [2.24, 2.45) is 5.92 Å². The Labute approximate surface area is 124 Å². The number of aromatic carboxylic acids is 1. The van der Waals surface area contributed by atoms with E-state index in [-0.39, 0.29) is 17.4 Å². The van der Waals surface area contributed by atoms with Crippen LogP contribution < -0.4 is 0 Å². The molecule has 0 unspecified atom stereocenters. The summed E-state index contributed by atoms with van der Waals surface area (Å²) >= 11 is 0. The van der Waals surface area contributed by atoms with Crippen molar-refractivity contribution in [3.8, 4) is 0 Å². The Balaban J connectivity index is 2.06. The molecule has 0 aliphatic heterocycles. The highest BCUT2D eigenvalue weighted by atomic mass is 16.4. The fraction of sp³-hybridized carbons (Fsp3) is 0.500. The third-order valence-electron chi connectivity index (χ3n) is 3.87. The molecular weight excluding hydrogens is 270 g/mol. The summed E-state index contributed by atoms with van der Waals surface area (Å²) in [7, 11) is 0. The first-order valence-corrected chi connectivity index (χ1v) is 7.35. The van der Waals surface area contributed by atoms with E-state index in [1.54, 1.807) is 11.0 Å². The average Bonchev–Trinajstić information content (AvgIpc) is 2.97. The Morgan fingerprint density at radius 1 is 1.29 bits per heavy atom. The lowest BCUT2D eigenvalue weighted by Crippen LogP contribution is -2.36. The SMILES string of the molecule is C=CCN(CC1CCCCC1)C(=O)c1ccc(C(=O)O)o1. The van der Waals surface area contributed by atoms with Crippen molar-refractivity contribution in [2.45, 2.75) is 32.1 Å². The summed E-state index contributed by atoms with van der Waals surface area (Å²) < 4.78 is 5.10. The van der Waals surface area contributed by atoms with Crippen molar-refractivity contribution in [2.75, 3.05) is 13.1 Å². The number of carboxylic acids is 1. The van der Waals surface area contributed by atoms with E-state index in [9.17, 15) is 9.59 Å². The third-order valence-corrected chi connectivity index (χ3v) is 3.87. The number of rotatable bonds is 6. The molecule has 1 N–H and O–H groups in total. The molecule has 1 aromatic rings. The smallest absolute Gasteiger partial charge is 0.371 e. The summed E-state index contributed by atoms with van der Waals surface area (Å²) in [5.74, 6) is -1.07. The first-order valence-electron chi connectivity index (χ1n) is 7.35. The van der Waals surface area contributed by atoms with E-state index in [1.807, 2.05) is 0 Å². The Kier molecular flexibility index (Phi) is 5.20. The number of carbonyl (C=O) groups excluding carboxylic acids is 1. The molecule has 5 heteroatoms. The molecule has 0 bridgehead atoms. The molecule has 0 saturated heterocycles. The topological polar surface area (TPSA) is 70.8 Å². The van der Waals surface area contributed by atoms with Crippen LogP contribution in [0.5, 0.6) is 0 Å². The zero-order valence-corrected chi connectivity index (χ0v) is 12.1. The van der Waals surface area contributed by atoms with Crippen molar-refractivity contribution >= 4 is 11.9 Å². The van der Waals surface area contributed by atoms with E-state index in [4.69, 9.17) is 9.52 Å². The van der Waals surface area contributed by atoms with Crippen LogP contribution in [0.25, 0.3) is 0 Å². The van der Waals surface area contributed by atoms with E-state index >= 15 is 0 Å². The maximum atomic E-state index is 12.4. The highest BCUT2D eigenvalue weighted by Gasteiger charge is 2.24. The first-order chi connectivity index (χ1) is 10.1. The predicted molar refractivity (Wildman–Crippen MR) is 78.3 cm³/mol. The lowest BCUT2D eigenvalue weighted by atomic mass is 9.89. The van der Waals surface area contributed by atoms with Crippen LogP contribution in [-0.2, 0) is 0 Å². The maximum absolute atomic E-state index is 12.4. The zero-order valence-electron chi connectivity index (χ0n) is 12.1. The molecule has 1 heterocycles. The van der Waals surface area contributed by atoms with Gasteiger partial charge in [0, 0.05) is 13.1 Å². The van der Waals surface area contributed by atoms with Crippen molar-refractivity contribution in [3.05, 3.63) is 36.3 Å². The van der Waals surface area contributed by atoms with Gasteiger partial charge in [-0.05, 0) is 30.9 Å². The summed E-state index contributed by atoms with van der Waals surface area (Å²) in [5, 5.41) is 8.85. The van der Waals surface area contributed by atoms with Crippen molar-refractivity contribution < 1.29 is 19.1 Å². The number of furan rings is 1. The highest BCUT2D eigenvalue weighted by molar-refractivity contribution is 5.93. The molecule has 0 atom stereocenters. The fourth-order valence-corrected chi connectivity index (χ4v) is 2.80. The normalized spacial score (nSPS) is 15.6. The van der Waals surface area contributed by atoms with E-state index in [1.165, 1.54) is 31.4 Å². The van der Waals surface area contributed by atoms with E-state index in [2.05, 4.69) is 6.58 Å². The van der Waals surface area contributed by atoms with Gasteiger partial charge in [-0.1, -0.05) is 25.3 Å². The first kappa shape index (κ1) is 15.4. The Hall–Kier alpha value is -2.04. The van der Waals surface area contributed by atoms with Gasteiger partial charge in [0.2, 0.25) is 5.76 Å². The Morgan fingerprint density at radius 3 is 2.52 bits per heavy atom. The summed E-state index contributed by atoms with van der Waals surface area (Å²) in [6.45, 7) is 4.80. The number of carboxylic acid groups (broad SMARTS) is 1. The van der Waals surface area contributed by atoms with Crippen molar-refractivity contribution in [3.63, 3.8) is 0 Å². The minimum Gasteiger partial charge on any atom is -0.475 e. The van der Waals surface area contributed by atoms with Crippen molar-refractivity contribution in [1.82, 2.24) is 4.90 Å². The van der Waals surface area contributed by atoms with E-state index < -0.39 is 5.97 Å². The monoisotopic (exact) mass is 291 g/mol. The van der Waals surface area contributed by atoms with E-state index in [0.29, 0.717) is 19.0 Å². The maximum Gasteiger partial charge on any atom is 0.371 e. The van der Waals surface area contributed by atoms with Gasteiger partial charge in [-0.25, -0.2) is 4.79 Å². The van der Waals surface area contributed by atoms with E-state index in [0.717, 1.165) is 12.8 Å². The molecule has 1 aliphatic rings. The van der Waals surface area contributed by atoms with Gasteiger partial charge in [0.1, 0.15) is 0 Å². The standard InChI is InChI=1S/C16H21NO4/c1-2-10-17(11-12-6-4-3-5-7-12)15(18)13-8-9-14(21-13)16(19)20/h2,8-9,12H,1,3-7,10-11H2,(H,19,20). The van der Waals surface area contributed by atoms with Gasteiger partial charge < -0.3 is 14.4 Å². The molecule has 1 saturated carbocycles. The van der Waals surface area contributed by atoms with Crippen molar-refractivity contribution in [1.29, 1.82) is 0 Å². The Morgan fingerprint density at radius 2 is 1.95 bits per heavy atom. The summed E-state index contributed by atoms with van der Waals surface area (Å²) in [4.78, 5) is 24.9. The van der Waals surface area contributed by atoms with Crippen LogP contribution >= 0.6 is 0 Å². The Bertz CT molecular complexity index is 514. The molecule has 0 aromatic carbocycles. The number of amides is 1. The van der Waals surface area contributed by atoms with Crippen LogP contribution in [0, 0.1) is 5.92 Å². The van der Waals surface area contributed by atoms with Crippen LogP contribution in [0.3, 0.4) is 0 Å². The zero-order chi connectivity index (χ0) is 15.2. The molecule has 1 aromatic heterocycles. The average molecular weight is 291 g/mol. The second-order valence-electron chi connectivity index (χ2n) is 5.47. The van der Waals surface area contributed by atoms with Crippen LogP contribution in [0.1, 0.15) is 53.2 Å². The molecule has 21 heavy (non-hydrogen) atoms. The lowest BCUT2D eigenvalue weighted by Gasteiger charge is -2.28. The number of nitrogens with zero attached hydrogens (tertiary/aromatic N) is 1. The second-order valence-corrected chi connectivity index (χ2v) is 5.47. The van der Waals surface area contributed by atoms with Gasteiger partial charge in [0.05, 0.1) is 0 Å². The van der Waals surface area contributed by atoms with Gasteiger partial charge in [0.25, 0.3) is 5.91 Å². The van der Waals surface area contributed by atoms with Crippen LogP contribution in [-0.4, -0.2) is 35.0 Å². The summed E-state index contributed by atoms with van der Waals surface area (Å²) in [6.07, 6.45) is 7.65. The van der Waals surface area contributed by atoms with Gasteiger partial charge in [-0.15, -0.1) is 6.58 Å². The minimum absolute atomic E-state index is 0.0741. The minimum atomic E-state index is -1.17. The molecule has 1 aliphatic carbocycles. The molecule has 114 valence electrons. The molecular formula is C16H21NO4. The molecule has 1 amide bonds. The number of hydrogen-bond donors (Lipinski definition) is 1. The third kappa shape index (κ3) is 3.97. The fourth-order valence-electron chi connectivity index (χ4n) is 2.80. The van der Waals surface area contributed by atoms with Crippen LogP contribution in [0.4, 0.5) is 0 Å². The van der Waals surface area contributed by atoms with Crippen LogP contribution in [0.2, 0.25) is 0 Å². The van der Waals surface area contributed by atoms with Crippen LogP contribution in [0.15, 0.2) is 29.2 Å². The number of carbonyl (C=O) groups is 2. The molecule has 5 nitrogen and oxygen atoms in total. The molecule has 2 rings (SSSR count). The van der Waals surface area contributed by atoms with Gasteiger partial charge >= 0.3 is 5.97 Å².